The van der Waals surface area contributed by atoms with Gasteiger partial charge in [0.2, 0.25) is 5.89 Å². The van der Waals surface area contributed by atoms with E-state index in [0.717, 1.165) is 16.3 Å². The van der Waals surface area contributed by atoms with Crippen LogP contribution in [0.3, 0.4) is 0 Å². The van der Waals surface area contributed by atoms with Gasteiger partial charge >= 0.3 is 12.1 Å². The van der Waals surface area contributed by atoms with Crippen LogP contribution in [-0.4, -0.2) is 40.1 Å². The van der Waals surface area contributed by atoms with Crippen molar-refractivity contribution < 1.29 is 23.8 Å². The minimum atomic E-state index is -0.753. The monoisotopic (exact) mass is 436 g/mol. The molecule has 0 radical (unpaired) electrons. The van der Waals surface area contributed by atoms with Crippen LogP contribution in [0.1, 0.15) is 37.6 Å². The summed E-state index contributed by atoms with van der Waals surface area (Å²) in [6, 6.07) is 14.1. The van der Waals surface area contributed by atoms with Crippen molar-refractivity contribution in [2.75, 3.05) is 13.1 Å². The summed E-state index contributed by atoms with van der Waals surface area (Å²) in [6.45, 7) is 4.75. The fourth-order valence-corrected chi connectivity index (χ4v) is 4.42. The van der Waals surface area contributed by atoms with E-state index in [9.17, 15) is 14.7 Å². The molecule has 1 fully saturated rings. The molecule has 4 rings (SSSR count). The van der Waals surface area contributed by atoms with Crippen molar-refractivity contribution >= 4 is 22.8 Å². The summed E-state index contributed by atoms with van der Waals surface area (Å²) in [5.41, 5.74) is 1.46. The molecule has 0 saturated carbocycles. The predicted octanol–water partition coefficient (Wildman–Crippen LogP) is 5.26. The molecule has 2 aromatic carbocycles. The number of likely N-dealkylation sites (tertiary alicyclic amines) is 1. The first kappa shape index (κ1) is 21.9. The van der Waals surface area contributed by atoms with E-state index >= 15 is 0 Å². The molecule has 1 unspecified atom stereocenters. The van der Waals surface area contributed by atoms with Crippen LogP contribution in [0.2, 0.25) is 0 Å². The number of ether oxygens (including phenoxy) is 1. The Bertz CT molecular complexity index is 1110. The second kappa shape index (κ2) is 9.42. The molecule has 3 aromatic rings. The average Bonchev–Trinajstić information content (AvgIpc) is 3.18. The highest BCUT2D eigenvalue weighted by Gasteiger charge is 2.32. The Morgan fingerprint density at radius 2 is 1.91 bits per heavy atom. The maximum Gasteiger partial charge on any atom is 0.410 e. The highest BCUT2D eigenvalue weighted by atomic mass is 16.6. The van der Waals surface area contributed by atoms with Crippen LogP contribution < -0.4 is 0 Å². The zero-order valence-electron chi connectivity index (χ0n) is 18.4. The van der Waals surface area contributed by atoms with E-state index in [-0.39, 0.29) is 18.4 Å². The zero-order chi connectivity index (χ0) is 22.7. The Hall–Kier alpha value is -3.35. The molecule has 7 heteroatoms. The number of aryl methyl sites for hydroxylation is 1. The van der Waals surface area contributed by atoms with Gasteiger partial charge < -0.3 is 19.2 Å². The van der Waals surface area contributed by atoms with Crippen LogP contribution in [0.25, 0.3) is 22.2 Å². The van der Waals surface area contributed by atoms with Crippen molar-refractivity contribution in [3.05, 3.63) is 53.9 Å². The smallest absolute Gasteiger partial charge is 0.410 e. The van der Waals surface area contributed by atoms with Crippen LogP contribution in [-0.2, 0) is 16.1 Å². The molecule has 1 aromatic heterocycles. The summed E-state index contributed by atoms with van der Waals surface area (Å²) in [4.78, 5) is 30.1. The maximum absolute atomic E-state index is 12.5. The summed E-state index contributed by atoms with van der Waals surface area (Å²) in [6.07, 6.45) is 1.56. The van der Waals surface area contributed by atoms with E-state index in [1.165, 1.54) is 0 Å². The number of amides is 1. The number of carbonyl (C=O) groups is 2. The number of aliphatic carboxylic acids is 1. The van der Waals surface area contributed by atoms with Crippen LogP contribution >= 0.6 is 0 Å². The molecular weight excluding hydrogens is 408 g/mol. The number of hydrogen-bond acceptors (Lipinski definition) is 5. The molecule has 1 saturated heterocycles. The Morgan fingerprint density at radius 1 is 1.19 bits per heavy atom. The Labute approximate surface area is 187 Å². The van der Waals surface area contributed by atoms with Gasteiger partial charge in [0.25, 0.3) is 0 Å². The predicted molar refractivity (Wildman–Crippen MR) is 120 cm³/mol. The van der Waals surface area contributed by atoms with Gasteiger partial charge in [-0.1, -0.05) is 37.3 Å². The second-order valence-corrected chi connectivity index (χ2v) is 8.32. The van der Waals surface area contributed by atoms with Crippen LogP contribution in [0.4, 0.5) is 4.79 Å². The molecule has 1 atom stereocenters. The average molecular weight is 437 g/mol. The highest BCUT2D eigenvalue weighted by Crippen LogP contribution is 2.29. The fraction of sp³-hybridized carbons (Fsp3) is 0.400. The van der Waals surface area contributed by atoms with E-state index < -0.39 is 12.1 Å². The molecule has 0 spiro atoms. The van der Waals surface area contributed by atoms with Gasteiger partial charge in [0.1, 0.15) is 18.1 Å². The number of hydrogen-bond donors (Lipinski definition) is 1. The van der Waals surface area contributed by atoms with Gasteiger partial charge in [-0.05, 0) is 55.0 Å². The van der Waals surface area contributed by atoms with Gasteiger partial charge in [-0.25, -0.2) is 9.78 Å². The lowest BCUT2D eigenvalue weighted by Crippen LogP contribution is -2.41. The summed E-state index contributed by atoms with van der Waals surface area (Å²) >= 11 is 0. The number of aromatic nitrogens is 1. The van der Waals surface area contributed by atoms with Crippen molar-refractivity contribution in [1.29, 1.82) is 0 Å². The minimum Gasteiger partial charge on any atom is -0.481 e. The van der Waals surface area contributed by atoms with E-state index in [1.54, 1.807) is 4.90 Å². The summed E-state index contributed by atoms with van der Waals surface area (Å²) in [5, 5.41) is 11.6. The lowest BCUT2D eigenvalue weighted by atomic mass is 9.83. The number of carboxylic acid groups (broad SMARTS) is 1. The van der Waals surface area contributed by atoms with Gasteiger partial charge in [-0.15, -0.1) is 0 Å². The molecule has 32 heavy (non-hydrogen) atoms. The Kier molecular flexibility index (Phi) is 6.44. The standard InChI is InChI=1S/C25H28N2O5/c1-3-21(24(28)29)18-10-12-27(13-11-18)25(30)31-15-22-16(2)32-23(26-22)20-9-8-17-6-4-5-7-19(17)14-20/h4-9,14,18,21H,3,10-13,15H2,1-2H3,(H,28,29). The van der Waals surface area contributed by atoms with Gasteiger partial charge in [0.15, 0.2) is 0 Å². The number of oxazole rings is 1. The zero-order valence-corrected chi connectivity index (χ0v) is 18.4. The maximum atomic E-state index is 12.5. The number of piperidine rings is 1. The largest absolute Gasteiger partial charge is 0.481 e. The second-order valence-electron chi connectivity index (χ2n) is 8.32. The van der Waals surface area contributed by atoms with Crippen molar-refractivity contribution in [2.45, 2.75) is 39.7 Å². The number of fused-ring (bicyclic) bond motifs is 1. The van der Waals surface area contributed by atoms with Crippen molar-refractivity contribution in [3.63, 3.8) is 0 Å². The van der Waals surface area contributed by atoms with E-state index in [2.05, 4.69) is 11.1 Å². The molecule has 7 nitrogen and oxygen atoms in total. The van der Waals surface area contributed by atoms with Crippen LogP contribution in [0, 0.1) is 18.8 Å². The van der Waals surface area contributed by atoms with E-state index in [0.29, 0.717) is 49.7 Å². The topological polar surface area (TPSA) is 92.9 Å². The first-order valence-electron chi connectivity index (χ1n) is 11.1. The van der Waals surface area contributed by atoms with Crippen molar-refractivity contribution in [3.8, 4) is 11.5 Å². The minimum absolute atomic E-state index is 0.0361. The molecular formula is C25H28N2O5. The normalized spacial score (nSPS) is 15.6. The van der Waals surface area contributed by atoms with Gasteiger partial charge in [0, 0.05) is 18.7 Å². The van der Waals surface area contributed by atoms with Gasteiger partial charge in [0.05, 0.1) is 5.92 Å². The van der Waals surface area contributed by atoms with Gasteiger partial charge in [-0.3, -0.25) is 4.79 Å². The molecule has 0 aliphatic carbocycles. The number of benzene rings is 2. The third-order valence-corrected chi connectivity index (χ3v) is 6.35. The van der Waals surface area contributed by atoms with Crippen LogP contribution in [0.5, 0.6) is 0 Å². The van der Waals surface area contributed by atoms with E-state index in [1.807, 2.05) is 50.2 Å². The molecule has 1 aliphatic rings. The highest BCUT2D eigenvalue weighted by molar-refractivity contribution is 5.86. The lowest BCUT2D eigenvalue weighted by Gasteiger charge is -2.33. The summed E-state index contributed by atoms with van der Waals surface area (Å²) in [7, 11) is 0. The SMILES string of the molecule is CCC(C(=O)O)C1CCN(C(=O)OCc2nc(-c3ccc4ccccc4c3)oc2C)CC1. The van der Waals surface area contributed by atoms with Crippen LogP contribution in [0.15, 0.2) is 46.9 Å². The van der Waals surface area contributed by atoms with E-state index in [4.69, 9.17) is 9.15 Å². The molecule has 168 valence electrons. The summed E-state index contributed by atoms with van der Waals surface area (Å²) < 4.78 is 11.3. The first-order chi connectivity index (χ1) is 15.5. The Balaban J connectivity index is 1.36. The quantitative estimate of drug-likeness (QED) is 0.566. The molecule has 1 amide bonds. The van der Waals surface area contributed by atoms with Gasteiger partial charge in [-0.2, -0.15) is 0 Å². The van der Waals surface area contributed by atoms with Crippen molar-refractivity contribution in [2.24, 2.45) is 11.8 Å². The number of nitrogens with zero attached hydrogens (tertiary/aromatic N) is 2. The number of carboxylic acids is 1. The molecule has 2 heterocycles. The number of rotatable bonds is 6. The fourth-order valence-electron chi connectivity index (χ4n) is 4.42. The molecule has 0 bridgehead atoms. The lowest BCUT2D eigenvalue weighted by molar-refractivity contribution is -0.144. The van der Waals surface area contributed by atoms with Crippen molar-refractivity contribution in [1.82, 2.24) is 9.88 Å². The third-order valence-electron chi connectivity index (χ3n) is 6.35. The molecule has 1 N–H and O–H groups in total. The summed E-state index contributed by atoms with van der Waals surface area (Å²) in [5.74, 6) is 0.117. The Morgan fingerprint density at radius 3 is 2.59 bits per heavy atom. The number of carbonyl (C=O) groups excluding carboxylic acids is 1. The first-order valence-corrected chi connectivity index (χ1v) is 11.1. The molecule has 1 aliphatic heterocycles. The third kappa shape index (κ3) is 4.61.